The predicted octanol–water partition coefficient (Wildman–Crippen LogP) is 2.93. The molecule has 18 heavy (non-hydrogen) atoms. The fourth-order valence-electron chi connectivity index (χ4n) is 1.84. The van der Waals surface area contributed by atoms with E-state index in [1.165, 1.54) is 5.56 Å². The average Bonchev–Trinajstić information content (AvgIpc) is 2.74. The van der Waals surface area contributed by atoms with Crippen LogP contribution in [0.4, 0.5) is 0 Å². The van der Waals surface area contributed by atoms with E-state index in [0.717, 1.165) is 21.5 Å². The zero-order valence-corrected chi connectivity index (χ0v) is 12.6. The molecule has 1 aromatic heterocycles. The first-order chi connectivity index (χ1) is 8.54. The third-order valence-corrected chi connectivity index (χ3v) is 4.03. The molecule has 0 fully saturated rings. The number of hydrogen-bond donors (Lipinski definition) is 1. The van der Waals surface area contributed by atoms with Gasteiger partial charge in [0, 0.05) is 4.47 Å². The highest BCUT2D eigenvalue weighted by molar-refractivity contribution is 9.10. The Balaban J connectivity index is 2.45. The van der Waals surface area contributed by atoms with E-state index in [1.54, 1.807) is 0 Å². The minimum atomic E-state index is 0.202. The van der Waals surface area contributed by atoms with Crippen LogP contribution in [0.5, 0.6) is 0 Å². The molecule has 0 spiro atoms. The molecule has 0 aliphatic carbocycles. The number of nitrogens with zero attached hydrogens (tertiary/aromatic N) is 3. The van der Waals surface area contributed by atoms with Crippen LogP contribution in [0.1, 0.15) is 29.9 Å². The van der Waals surface area contributed by atoms with Gasteiger partial charge in [0.25, 0.3) is 0 Å². The van der Waals surface area contributed by atoms with Crippen LogP contribution in [0.15, 0.2) is 22.7 Å². The number of rotatable bonds is 3. The second kappa shape index (κ2) is 5.20. The van der Waals surface area contributed by atoms with Crippen LogP contribution in [0.3, 0.4) is 0 Å². The van der Waals surface area contributed by atoms with Gasteiger partial charge in [-0.15, -0.1) is 5.10 Å². The summed E-state index contributed by atoms with van der Waals surface area (Å²) in [6, 6.07) is 6.38. The van der Waals surface area contributed by atoms with Gasteiger partial charge in [-0.05, 0) is 45.5 Å². The van der Waals surface area contributed by atoms with Gasteiger partial charge in [0.05, 0.1) is 17.4 Å². The van der Waals surface area contributed by atoms with Gasteiger partial charge in [-0.1, -0.05) is 27.2 Å². The first-order valence-corrected chi connectivity index (χ1v) is 6.70. The molecule has 0 aliphatic rings. The normalized spacial score (nSPS) is 12.7. The first kappa shape index (κ1) is 13.2. The van der Waals surface area contributed by atoms with Crippen LogP contribution in [0.2, 0.25) is 0 Å². The molecule has 2 rings (SSSR count). The van der Waals surface area contributed by atoms with E-state index in [2.05, 4.69) is 63.6 Å². The number of hydrogen-bond acceptors (Lipinski definition) is 3. The minimum Gasteiger partial charge on any atom is -0.312 e. The fraction of sp³-hybridized carbons (Fsp3) is 0.385. The van der Waals surface area contributed by atoms with Crippen molar-refractivity contribution in [3.05, 3.63) is 39.6 Å². The second-order valence-corrected chi connectivity index (χ2v) is 5.27. The minimum absolute atomic E-state index is 0.202. The molecule has 0 radical (unpaired) electrons. The lowest BCUT2D eigenvalue weighted by Crippen LogP contribution is -2.14. The fourth-order valence-corrected chi connectivity index (χ4v) is 2.20. The molecule has 1 N–H and O–H groups in total. The molecule has 5 heteroatoms. The van der Waals surface area contributed by atoms with Crippen molar-refractivity contribution in [1.29, 1.82) is 0 Å². The summed E-state index contributed by atoms with van der Waals surface area (Å²) >= 11 is 3.54. The number of nitrogens with one attached hydrogen (secondary N) is 1. The van der Waals surface area contributed by atoms with Crippen LogP contribution in [0.25, 0.3) is 5.69 Å². The van der Waals surface area contributed by atoms with Gasteiger partial charge in [0.2, 0.25) is 0 Å². The van der Waals surface area contributed by atoms with Crippen molar-refractivity contribution >= 4 is 15.9 Å². The molecule has 1 aromatic carbocycles. The van der Waals surface area contributed by atoms with Gasteiger partial charge in [-0.25, -0.2) is 4.68 Å². The van der Waals surface area contributed by atoms with Crippen molar-refractivity contribution in [2.45, 2.75) is 26.8 Å². The summed E-state index contributed by atoms with van der Waals surface area (Å²) < 4.78 is 2.95. The van der Waals surface area contributed by atoms with Gasteiger partial charge in [-0.3, -0.25) is 0 Å². The van der Waals surface area contributed by atoms with Gasteiger partial charge >= 0.3 is 0 Å². The maximum atomic E-state index is 4.25. The maximum Gasteiger partial charge on any atom is 0.103 e. The van der Waals surface area contributed by atoms with Gasteiger partial charge in [0.15, 0.2) is 0 Å². The largest absolute Gasteiger partial charge is 0.312 e. The smallest absolute Gasteiger partial charge is 0.103 e. The van der Waals surface area contributed by atoms with Crippen LogP contribution < -0.4 is 5.32 Å². The Labute approximate surface area is 116 Å². The second-order valence-electron chi connectivity index (χ2n) is 4.42. The Hall–Kier alpha value is -1.20. The van der Waals surface area contributed by atoms with E-state index < -0.39 is 0 Å². The summed E-state index contributed by atoms with van der Waals surface area (Å²) in [5, 5.41) is 11.7. The van der Waals surface area contributed by atoms with E-state index >= 15 is 0 Å². The van der Waals surface area contributed by atoms with Gasteiger partial charge < -0.3 is 5.32 Å². The van der Waals surface area contributed by atoms with Crippen molar-refractivity contribution in [2.75, 3.05) is 7.05 Å². The van der Waals surface area contributed by atoms with Crippen molar-refractivity contribution < 1.29 is 0 Å². The molecule has 0 saturated carbocycles. The van der Waals surface area contributed by atoms with E-state index in [0.29, 0.717) is 0 Å². The van der Waals surface area contributed by atoms with Crippen LogP contribution in [-0.2, 0) is 0 Å². The van der Waals surface area contributed by atoms with E-state index in [1.807, 2.05) is 18.7 Å². The summed E-state index contributed by atoms with van der Waals surface area (Å²) in [4.78, 5) is 0. The summed E-state index contributed by atoms with van der Waals surface area (Å²) in [5.74, 6) is 0. The highest BCUT2D eigenvalue weighted by atomic mass is 79.9. The van der Waals surface area contributed by atoms with E-state index in [-0.39, 0.29) is 6.04 Å². The van der Waals surface area contributed by atoms with Crippen molar-refractivity contribution in [2.24, 2.45) is 0 Å². The highest BCUT2D eigenvalue weighted by Crippen LogP contribution is 2.22. The summed E-state index contributed by atoms with van der Waals surface area (Å²) in [7, 11) is 1.92. The third-order valence-electron chi connectivity index (χ3n) is 3.17. The molecular formula is C13H17BrN4. The number of halogens is 1. The third kappa shape index (κ3) is 2.33. The Morgan fingerprint density at radius 3 is 2.67 bits per heavy atom. The zero-order valence-electron chi connectivity index (χ0n) is 11.0. The van der Waals surface area contributed by atoms with E-state index in [4.69, 9.17) is 0 Å². The lowest BCUT2D eigenvalue weighted by molar-refractivity contribution is 0.627. The highest BCUT2D eigenvalue weighted by Gasteiger charge is 2.15. The molecule has 4 nitrogen and oxygen atoms in total. The zero-order chi connectivity index (χ0) is 13.3. The molecule has 1 unspecified atom stereocenters. The molecule has 1 atom stereocenters. The SMILES string of the molecule is CNC(C)c1nnn(-c2ccc(C)c(Br)c2)c1C. The van der Waals surface area contributed by atoms with Crippen LogP contribution >= 0.6 is 15.9 Å². The molecular weight excluding hydrogens is 292 g/mol. The Bertz CT molecular complexity index is 562. The maximum absolute atomic E-state index is 4.25. The van der Waals surface area contributed by atoms with Gasteiger partial charge in [0.1, 0.15) is 5.69 Å². The lowest BCUT2D eigenvalue weighted by Gasteiger charge is -2.09. The molecule has 96 valence electrons. The molecule has 1 heterocycles. The predicted molar refractivity (Wildman–Crippen MR) is 76.0 cm³/mol. The average molecular weight is 309 g/mol. The van der Waals surface area contributed by atoms with Crippen molar-refractivity contribution in [3.8, 4) is 5.69 Å². The molecule has 0 bridgehead atoms. The van der Waals surface area contributed by atoms with Crippen molar-refractivity contribution in [3.63, 3.8) is 0 Å². The topological polar surface area (TPSA) is 42.7 Å². The van der Waals surface area contributed by atoms with Crippen LogP contribution in [0, 0.1) is 13.8 Å². The molecule has 2 aromatic rings. The number of aryl methyl sites for hydroxylation is 1. The molecule has 0 amide bonds. The summed E-state index contributed by atoms with van der Waals surface area (Å²) in [5.41, 5.74) is 4.27. The standard InChI is InChI=1S/C13H17BrN4/c1-8-5-6-11(7-12(8)14)18-10(3)13(16-17-18)9(2)15-4/h5-7,9,15H,1-4H3. The van der Waals surface area contributed by atoms with E-state index in [9.17, 15) is 0 Å². The monoisotopic (exact) mass is 308 g/mol. The quantitative estimate of drug-likeness (QED) is 0.948. The Kier molecular flexibility index (Phi) is 3.82. The van der Waals surface area contributed by atoms with Crippen LogP contribution in [-0.4, -0.2) is 22.0 Å². The summed E-state index contributed by atoms with van der Waals surface area (Å²) in [6.07, 6.45) is 0. The Morgan fingerprint density at radius 2 is 2.06 bits per heavy atom. The number of aromatic nitrogens is 3. The number of benzene rings is 1. The van der Waals surface area contributed by atoms with Gasteiger partial charge in [-0.2, -0.15) is 0 Å². The lowest BCUT2D eigenvalue weighted by atomic mass is 10.2. The first-order valence-electron chi connectivity index (χ1n) is 5.90. The Morgan fingerprint density at radius 1 is 1.33 bits per heavy atom. The molecule has 0 aliphatic heterocycles. The summed E-state index contributed by atoms with van der Waals surface area (Å²) in [6.45, 7) is 6.18. The van der Waals surface area contributed by atoms with Crippen molar-refractivity contribution in [1.82, 2.24) is 20.3 Å². The molecule has 0 saturated heterocycles.